The van der Waals surface area contributed by atoms with Crippen LogP contribution in [0.4, 0.5) is 5.69 Å². The Morgan fingerprint density at radius 2 is 2.07 bits per heavy atom. The third-order valence-corrected chi connectivity index (χ3v) is 5.53. The predicted molar refractivity (Wildman–Crippen MR) is 114 cm³/mol. The zero-order chi connectivity index (χ0) is 21.3. The number of carbonyl (C=O) groups excluding carboxylic acids is 1. The number of carbonyl (C=O) groups is 1. The maximum atomic E-state index is 12.5. The average Bonchev–Trinajstić information content (AvgIpc) is 3.10. The highest BCUT2D eigenvalue weighted by Crippen LogP contribution is 2.26. The van der Waals surface area contributed by atoms with Crippen LogP contribution in [0.25, 0.3) is 21.3 Å². The lowest BCUT2D eigenvalue weighted by Crippen LogP contribution is -2.14. The molecule has 4 aromatic rings. The van der Waals surface area contributed by atoms with Crippen molar-refractivity contribution in [3.8, 4) is 0 Å². The minimum absolute atomic E-state index is 0.00807. The van der Waals surface area contributed by atoms with E-state index >= 15 is 0 Å². The van der Waals surface area contributed by atoms with E-state index in [4.69, 9.17) is 16.3 Å². The van der Waals surface area contributed by atoms with Crippen LogP contribution in [0.2, 0.25) is 5.02 Å². The van der Waals surface area contributed by atoms with E-state index < -0.39 is 10.9 Å². The third-order valence-electron chi connectivity index (χ3n) is 4.19. The molecule has 2 heterocycles. The van der Waals surface area contributed by atoms with Crippen molar-refractivity contribution in [3.63, 3.8) is 0 Å². The maximum absolute atomic E-state index is 12.5. The Bertz CT molecular complexity index is 1390. The van der Waals surface area contributed by atoms with Gasteiger partial charge < -0.3 is 4.74 Å². The Labute approximate surface area is 177 Å². The van der Waals surface area contributed by atoms with Crippen LogP contribution in [0.15, 0.2) is 59.4 Å². The number of para-hydroxylation sites is 1. The molecule has 8 nitrogen and oxygen atoms in total. The van der Waals surface area contributed by atoms with Gasteiger partial charge in [0.15, 0.2) is 4.96 Å². The van der Waals surface area contributed by atoms with Crippen LogP contribution in [0.3, 0.4) is 0 Å². The van der Waals surface area contributed by atoms with Crippen LogP contribution in [-0.2, 0) is 16.1 Å². The number of benzene rings is 2. The molecule has 0 aliphatic rings. The van der Waals surface area contributed by atoms with Crippen molar-refractivity contribution in [2.24, 2.45) is 0 Å². The van der Waals surface area contributed by atoms with Gasteiger partial charge in [0.1, 0.15) is 11.6 Å². The van der Waals surface area contributed by atoms with E-state index in [-0.39, 0.29) is 22.9 Å². The molecule has 0 bridgehead atoms. The van der Waals surface area contributed by atoms with E-state index in [1.807, 2.05) is 24.3 Å². The van der Waals surface area contributed by atoms with E-state index in [2.05, 4.69) is 4.98 Å². The summed E-state index contributed by atoms with van der Waals surface area (Å²) >= 11 is 7.13. The Balaban J connectivity index is 1.49. The van der Waals surface area contributed by atoms with Crippen molar-refractivity contribution >= 4 is 55.8 Å². The van der Waals surface area contributed by atoms with E-state index in [1.54, 1.807) is 0 Å². The highest BCUT2D eigenvalue weighted by Gasteiger charge is 2.12. The summed E-state index contributed by atoms with van der Waals surface area (Å²) in [7, 11) is 0. The normalized spacial score (nSPS) is 11.4. The Morgan fingerprint density at radius 3 is 2.87 bits per heavy atom. The van der Waals surface area contributed by atoms with Crippen molar-refractivity contribution in [2.45, 2.75) is 6.61 Å². The van der Waals surface area contributed by atoms with Gasteiger partial charge in [-0.2, -0.15) is 0 Å². The second kappa shape index (κ2) is 8.05. The number of hydrogen-bond acceptors (Lipinski definition) is 7. The standard InChI is InChI=1S/C20H12ClN3O5S/c21-14-7-5-12(9-16(14)24(27)28)6-8-19(26)29-11-13-10-18(25)23-15-3-1-2-4-17(15)30-20(23)22-13/h1-10H,11H2. The molecule has 0 unspecified atom stereocenters. The lowest BCUT2D eigenvalue weighted by atomic mass is 10.2. The number of halogens is 1. The molecule has 0 atom stereocenters. The highest BCUT2D eigenvalue weighted by molar-refractivity contribution is 7.23. The quantitative estimate of drug-likeness (QED) is 0.199. The average molecular weight is 442 g/mol. The number of thiazole rings is 1. The number of ether oxygens (including phenoxy) is 1. The zero-order valence-corrected chi connectivity index (χ0v) is 16.7. The van der Waals surface area contributed by atoms with E-state index in [9.17, 15) is 19.7 Å². The molecule has 0 spiro atoms. The lowest BCUT2D eigenvalue weighted by molar-refractivity contribution is -0.384. The first-order valence-electron chi connectivity index (χ1n) is 8.61. The highest BCUT2D eigenvalue weighted by atomic mass is 35.5. The summed E-state index contributed by atoms with van der Waals surface area (Å²) in [5.74, 6) is -0.675. The van der Waals surface area contributed by atoms with Gasteiger partial charge in [-0.05, 0) is 29.8 Å². The minimum Gasteiger partial charge on any atom is -0.456 e. The smallest absolute Gasteiger partial charge is 0.331 e. The molecule has 0 fully saturated rings. The van der Waals surface area contributed by atoms with Crippen molar-refractivity contribution in [1.82, 2.24) is 9.38 Å². The molecule has 0 amide bonds. The summed E-state index contributed by atoms with van der Waals surface area (Å²) < 4.78 is 7.58. The Morgan fingerprint density at radius 1 is 1.27 bits per heavy atom. The van der Waals surface area contributed by atoms with E-state index in [1.165, 1.54) is 46.1 Å². The van der Waals surface area contributed by atoms with Crippen LogP contribution >= 0.6 is 22.9 Å². The third kappa shape index (κ3) is 3.93. The molecule has 4 rings (SSSR count). The first-order chi connectivity index (χ1) is 14.4. The van der Waals surface area contributed by atoms with Crippen LogP contribution in [0.5, 0.6) is 0 Å². The molecule has 30 heavy (non-hydrogen) atoms. The fraction of sp³-hybridized carbons (Fsp3) is 0.0500. The van der Waals surface area contributed by atoms with Gasteiger partial charge in [0, 0.05) is 18.2 Å². The number of fused-ring (bicyclic) bond motifs is 3. The zero-order valence-electron chi connectivity index (χ0n) is 15.1. The van der Waals surface area contributed by atoms with Crippen molar-refractivity contribution in [2.75, 3.05) is 0 Å². The van der Waals surface area contributed by atoms with Crippen molar-refractivity contribution in [1.29, 1.82) is 0 Å². The summed E-state index contributed by atoms with van der Waals surface area (Å²) in [5, 5.41) is 10.9. The minimum atomic E-state index is -0.675. The van der Waals surface area contributed by atoms with Crippen molar-refractivity contribution in [3.05, 3.63) is 91.4 Å². The molecule has 0 radical (unpaired) electrons. The fourth-order valence-corrected chi connectivity index (χ4v) is 4.06. The van der Waals surface area contributed by atoms with Gasteiger partial charge in [-0.15, -0.1) is 0 Å². The van der Waals surface area contributed by atoms with Crippen LogP contribution in [0.1, 0.15) is 11.3 Å². The van der Waals surface area contributed by atoms with Crippen molar-refractivity contribution < 1.29 is 14.5 Å². The Kier molecular flexibility index (Phi) is 5.30. The molecule has 2 aromatic heterocycles. The van der Waals surface area contributed by atoms with Gasteiger partial charge in [0.2, 0.25) is 0 Å². The molecule has 0 aliphatic carbocycles. The lowest BCUT2D eigenvalue weighted by Gasteiger charge is -2.02. The van der Waals surface area contributed by atoms with Gasteiger partial charge >= 0.3 is 5.97 Å². The first-order valence-corrected chi connectivity index (χ1v) is 9.81. The number of rotatable bonds is 5. The first kappa shape index (κ1) is 19.7. The maximum Gasteiger partial charge on any atom is 0.331 e. The van der Waals surface area contributed by atoms with Gasteiger partial charge in [0.25, 0.3) is 11.2 Å². The van der Waals surface area contributed by atoms with Crippen LogP contribution in [0, 0.1) is 10.1 Å². The number of esters is 1. The topological polar surface area (TPSA) is 104 Å². The molecule has 0 saturated heterocycles. The molecule has 150 valence electrons. The van der Waals surface area contributed by atoms with Crippen LogP contribution in [-0.4, -0.2) is 20.3 Å². The fourth-order valence-electron chi connectivity index (χ4n) is 2.83. The molecular weight excluding hydrogens is 430 g/mol. The predicted octanol–water partition coefficient (Wildman–Crippen LogP) is 4.23. The van der Waals surface area contributed by atoms with Crippen LogP contribution < -0.4 is 5.56 Å². The summed E-state index contributed by atoms with van der Waals surface area (Å²) in [5.41, 5.74) is 1.01. The second-order valence-corrected chi connectivity index (χ2v) is 7.60. The molecule has 0 aliphatic heterocycles. The number of nitrogens with zero attached hydrogens (tertiary/aromatic N) is 3. The summed E-state index contributed by atoms with van der Waals surface area (Å²) in [6.45, 7) is -0.177. The van der Waals surface area contributed by atoms with E-state index in [0.29, 0.717) is 16.2 Å². The monoisotopic (exact) mass is 441 g/mol. The van der Waals surface area contributed by atoms with Gasteiger partial charge in [-0.25, -0.2) is 9.78 Å². The van der Waals surface area contributed by atoms with Gasteiger partial charge in [0.05, 0.1) is 20.8 Å². The van der Waals surface area contributed by atoms with Gasteiger partial charge in [-0.3, -0.25) is 19.3 Å². The summed E-state index contributed by atoms with van der Waals surface area (Å²) in [4.78, 5) is 39.7. The molecule has 2 aromatic carbocycles. The molecule has 10 heteroatoms. The Hall–Kier alpha value is -3.56. The SMILES string of the molecule is O=C(C=Cc1ccc(Cl)c([N+](=O)[O-])c1)OCc1cc(=O)n2c(n1)sc1ccccc12. The number of hydrogen-bond donors (Lipinski definition) is 0. The van der Waals surface area contributed by atoms with E-state index in [0.717, 1.165) is 16.3 Å². The summed E-state index contributed by atoms with van der Waals surface area (Å²) in [6, 6.07) is 13.0. The number of nitro groups is 1. The molecule has 0 saturated carbocycles. The number of nitro benzene ring substituents is 1. The molecule has 0 N–H and O–H groups in total. The second-order valence-electron chi connectivity index (χ2n) is 6.18. The summed E-state index contributed by atoms with van der Waals surface area (Å²) in [6.07, 6.45) is 2.51. The van der Waals surface area contributed by atoms with Gasteiger partial charge in [-0.1, -0.05) is 41.1 Å². The largest absolute Gasteiger partial charge is 0.456 e. The number of aromatic nitrogens is 2. The molecular formula is C20H12ClN3O5S.